The molecule has 0 bridgehead atoms. The molecule has 73 heavy (non-hydrogen) atoms. The lowest BCUT2D eigenvalue weighted by Crippen LogP contribution is -2.45. The van der Waals surface area contributed by atoms with E-state index in [1.807, 2.05) is 6.08 Å². The summed E-state index contributed by atoms with van der Waals surface area (Å²) in [5.74, 6) is -0.0534. The minimum absolute atomic E-state index is 0.0107. The van der Waals surface area contributed by atoms with Crippen molar-refractivity contribution in [2.24, 2.45) is 0 Å². The van der Waals surface area contributed by atoms with Gasteiger partial charge in [0.05, 0.1) is 25.4 Å². The van der Waals surface area contributed by atoms with Crippen molar-refractivity contribution in [1.29, 1.82) is 0 Å². The number of allylic oxidation sites excluding steroid dienone is 3. The molecule has 2 atom stereocenters. The highest BCUT2D eigenvalue weighted by molar-refractivity contribution is 5.76. The van der Waals surface area contributed by atoms with Gasteiger partial charge in [0, 0.05) is 12.8 Å². The Labute approximate surface area is 456 Å². The fourth-order valence-electron chi connectivity index (χ4n) is 10.4. The highest BCUT2D eigenvalue weighted by Gasteiger charge is 2.18. The van der Waals surface area contributed by atoms with E-state index < -0.39 is 12.1 Å². The first-order chi connectivity index (χ1) is 36.0. The number of amides is 1. The lowest BCUT2D eigenvalue weighted by molar-refractivity contribution is -0.143. The second-order valence-corrected chi connectivity index (χ2v) is 22.8. The molecule has 1 amide bonds. The van der Waals surface area contributed by atoms with Gasteiger partial charge in [0.25, 0.3) is 0 Å². The third-order valence-electron chi connectivity index (χ3n) is 15.5. The van der Waals surface area contributed by atoms with Crippen LogP contribution in [-0.4, -0.2) is 47.4 Å². The summed E-state index contributed by atoms with van der Waals surface area (Å²) in [4.78, 5) is 24.5. The molecular formula is C67H129NO5. The van der Waals surface area contributed by atoms with Gasteiger partial charge in [-0.1, -0.05) is 321 Å². The van der Waals surface area contributed by atoms with Crippen molar-refractivity contribution >= 4 is 11.9 Å². The molecule has 432 valence electrons. The van der Waals surface area contributed by atoms with Crippen molar-refractivity contribution in [3.8, 4) is 0 Å². The van der Waals surface area contributed by atoms with Crippen molar-refractivity contribution in [3.63, 3.8) is 0 Å². The van der Waals surface area contributed by atoms with E-state index in [4.69, 9.17) is 4.74 Å². The summed E-state index contributed by atoms with van der Waals surface area (Å²) in [7, 11) is 0. The standard InChI is InChI=1S/C67H129NO5/c1-3-5-7-9-11-13-15-17-18-33-37-41-45-49-53-57-61-67(72)73-62-58-54-50-46-42-38-34-31-29-27-25-23-21-19-20-22-24-26-28-30-32-36-40-44-48-52-56-60-66(71)68-64(63-69)65(70)59-55-51-47-43-39-35-16-14-12-10-8-6-4-2/h18,33,55,59,64-65,69-70H,3-17,19-32,34-54,56-58,60-63H2,1-2H3,(H,68,71)/b33-18-,59-55+. The zero-order valence-electron chi connectivity index (χ0n) is 49.4. The zero-order valence-corrected chi connectivity index (χ0v) is 49.4. The molecule has 0 aromatic carbocycles. The van der Waals surface area contributed by atoms with E-state index in [9.17, 15) is 19.8 Å². The van der Waals surface area contributed by atoms with E-state index in [-0.39, 0.29) is 18.5 Å². The molecule has 0 fully saturated rings. The van der Waals surface area contributed by atoms with E-state index >= 15 is 0 Å². The summed E-state index contributed by atoms with van der Waals surface area (Å²) in [6, 6.07) is -0.625. The average molecular weight is 1030 g/mol. The maximum absolute atomic E-state index is 12.5. The van der Waals surface area contributed by atoms with Crippen LogP contribution in [0.3, 0.4) is 0 Å². The zero-order chi connectivity index (χ0) is 52.9. The Hall–Kier alpha value is -1.66. The predicted octanol–water partition coefficient (Wildman–Crippen LogP) is 21.0. The third-order valence-corrected chi connectivity index (χ3v) is 15.5. The second-order valence-electron chi connectivity index (χ2n) is 22.8. The van der Waals surface area contributed by atoms with Gasteiger partial charge in [-0.2, -0.15) is 0 Å². The molecule has 0 saturated carbocycles. The number of ether oxygens (including phenoxy) is 1. The minimum atomic E-state index is -0.841. The maximum Gasteiger partial charge on any atom is 0.305 e. The summed E-state index contributed by atoms with van der Waals surface area (Å²) in [5.41, 5.74) is 0. The minimum Gasteiger partial charge on any atom is -0.466 e. The van der Waals surface area contributed by atoms with E-state index in [2.05, 4.69) is 31.3 Å². The number of esters is 1. The number of carbonyl (C=O) groups excluding carboxylic acids is 2. The van der Waals surface area contributed by atoms with Gasteiger partial charge in [0.2, 0.25) is 5.91 Å². The molecule has 0 aliphatic heterocycles. The Morgan fingerprint density at radius 3 is 0.973 bits per heavy atom. The molecule has 2 unspecified atom stereocenters. The van der Waals surface area contributed by atoms with Crippen LogP contribution in [0.5, 0.6) is 0 Å². The number of rotatable bonds is 62. The van der Waals surface area contributed by atoms with Crippen LogP contribution in [0.4, 0.5) is 0 Å². The average Bonchev–Trinajstić information content (AvgIpc) is 3.39. The van der Waals surface area contributed by atoms with E-state index in [0.717, 1.165) is 44.9 Å². The van der Waals surface area contributed by atoms with Gasteiger partial charge in [-0.3, -0.25) is 9.59 Å². The molecule has 0 aromatic rings. The molecule has 0 aliphatic carbocycles. The number of unbranched alkanes of at least 4 members (excludes halogenated alkanes) is 49. The van der Waals surface area contributed by atoms with Gasteiger partial charge < -0.3 is 20.3 Å². The highest BCUT2D eigenvalue weighted by atomic mass is 16.5. The highest BCUT2D eigenvalue weighted by Crippen LogP contribution is 2.18. The maximum atomic E-state index is 12.5. The largest absolute Gasteiger partial charge is 0.466 e. The first-order valence-corrected chi connectivity index (χ1v) is 33.1. The Morgan fingerprint density at radius 2 is 0.644 bits per heavy atom. The third kappa shape index (κ3) is 59.4. The van der Waals surface area contributed by atoms with Crippen molar-refractivity contribution < 1.29 is 24.5 Å². The summed E-state index contributed by atoms with van der Waals surface area (Å²) in [5, 5.41) is 23.1. The lowest BCUT2D eigenvalue weighted by atomic mass is 10.0. The van der Waals surface area contributed by atoms with E-state index in [1.165, 1.54) is 295 Å². The number of nitrogens with one attached hydrogen (secondary N) is 1. The van der Waals surface area contributed by atoms with Crippen LogP contribution in [-0.2, 0) is 14.3 Å². The smallest absolute Gasteiger partial charge is 0.305 e. The van der Waals surface area contributed by atoms with E-state index in [0.29, 0.717) is 19.4 Å². The Morgan fingerprint density at radius 1 is 0.370 bits per heavy atom. The predicted molar refractivity (Wildman–Crippen MR) is 320 cm³/mol. The normalized spacial score (nSPS) is 12.7. The van der Waals surface area contributed by atoms with Gasteiger partial charge >= 0.3 is 5.97 Å². The summed E-state index contributed by atoms with van der Waals surface area (Å²) in [6.45, 7) is 4.92. The van der Waals surface area contributed by atoms with E-state index in [1.54, 1.807) is 6.08 Å². The van der Waals surface area contributed by atoms with Gasteiger partial charge in [-0.15, -0.1) is 0 Å². The summed E-state index contributed by atoms with van der Waals surface area (Å²) in [6.07, 6.45) is 78.1. The summed E-state index contributed by atoms with van der Waals surface area (Å²) >= 11 is 0. The SMILES string of the molecule is CCCCCCCCC/C=C\CCCCCCCC(=O)OCCCCCCCCCCCCCCCCCCCCCCCCCCCCCC(=O)NC(CO)C(O)/C=C/CCCCCCCCCCCCC. The van der Waals surface area contributed by atoms with Gasteiger partial charge in [0.1, 0.15) is 0 Å². The second kappa shape index (κ2) is 62.9. The quantitative estimate of drug-likeness (QED) is 0.0320. The Balaban J connectivity index is 3.35. The van der Waals surface area contributed by atoms with Crippen molar-refractivity contribution in [3.05, 3.63) is 24.3 Å². The monoisotopic (exact) mass is 1030 g/mol. The van der Waals surface area contributed by atoms with Gasteiger partial charge in [-0.05, 0) is 57.8 Å². The van der Waals surface area contributed by atoms with Crippen LogP contribution in [0.2, 0.25) is 0 Å². The number of hydrogen-bond donors (Lipinski definition) is 3. The Bertz CT molecular complexity index is 1140. The fraction of sp³-hybridized carbons (Fsp3) is 0.910. The van der Waals surface area contributed by atoms with Crippen LogP contribution in [0.15, 0.2) is 24.3 Å². The molecule has 0 rings (SSSR count). The number of aliphatic hydroxyl groups is 2. The van der Waals surface area contributed by atoms with Crippen molar-refractivity contribution in [1.82, 2.24) is 5.32 Å². The molecule has 6 heteroatoms. The molecule has 0 aromatic heterocycles. The molecule has 0 heterocycles. The molecule has 0 saturated heterocycles. The van der Waals surface area contributed by atoms with Crippen LogP contribution < -0.4 is 5.32 Å². The lowest BCUT2D eigenvalue weighted by Gasteiger charge is -2.20. The number of aliphatic hydroxyl groups excluding tert-OH is 2. The molecule has 6 nitrogen and oxygen atoms in total. The first-order valence-electron chi connectivity index (χ1n) is 33.1. The molecule has 3 N–H and O–H groups in total. The molecule has 0 aliphatic rings. The number of carbonyl (C=O) groups is 2. The number of hydrogen-bond acceptors (Lipinski definition) is 5. The van der Waals surface area contributed by atoms with Crippen molar-refractivity contribution in [2.75, 3.05) is 13.2 Å². The van der Waals surface area contributed by atoms with Gasteiger partial charge in [0.15, 0.2) is 0 Å². The molecule has 0 radical (unpaired) electrons. The molecule has 0 spiro atoms. The molecular weight excluding hydrogens is 899 g/mol. The van der Waals surface area contributed by atoms with Crippen LogP contribution in [0.25, 0.3) is 0 Å². The first kappa shape index (κ1) is 71.3. The van der Waals surface area contributed by atoms with Gasteiger partial charge in [-0.25, -0.2) is 0 Å². The van der Waals surface area contributed by atoms with Crippen LogP contribution in [0, 0.1) is 0 Å². The van der Waals surface area contributed by atoms with Crippen LogP contribution in [0.1, 0.15) is 367 Å². The van der Waals surface area contributed by atoms with Crippen LogP contribution >= 0.6 is 0 Å². The fourth-order valence-corrected chi connectivity index (χ4v) is 10.4. The summed E-state index contributed by atoms with van der Waals surface area (Å²) < 4.78 is 5.49. The Kier molecular flexibility index (Phi) is 61.4. The van der Waals surface area contributed by atoms with Crippen molar-refractivity contribution in [2.45, 2.75) is 379 Å². The topological polar surface area (TPSA) is 95.9 Å².